The summed E-state index contributed by atoms with van der Waals surface area (Å²) in [5, 5.41) is 5.06. The van der Waals surface area contributed by atoms with Crippen LogP contribution in [0.4, 0.5) is 14.5 Å². The van der Waals surface area contributed by atoms with E-state index in [1.54, 1.807) is 12.1 Å². The summed E-state index contributed by atoms with van der Waals surface area (Å²) in [5.74, 6) is -3.62. The van der Waals surface area contributed by atoms with Gasteiger partial charge in [0.25, 0.3) is 0 Å². The number of nitrogens with zero attached hydrogens (tertiary/aromatic N) is 1. The first-order valence-corrected chi connectivity index (χ1v) is 8.12. The third-order valence-electron chi connectivity index (χ3n) is 3.73. The van der Waals surface area contributed by atoms with Crippen molar-refractivity contribution in [2.45, 2.75) is 6.04 Å². The minimum absolute atomic E-state index is 0.106. The van der Waals surface area contributed by atoms with Crippen molar-refractivity contribution in [3.05, 3.63) is 64.7 Å². The van der Waals surface area contributed by atoms with Gasteiger partial charge in [-0.1, -0.05) is 29.8 Å². The second kappa shape index (κ2) is 8.73. The number of hydrogen-bond donors (Lipinski definition) is 2. The van der Waals surface area contributed by atoms with Gasteiger partial charge in [-0.15, -0.1) is 0 Å². The molecule has 0 spiro atoms. The van der Waals surface area contributed by atoms with Gasteiger partial charge in [-0.05, 0) is 37.9 Å². The highest BCUT2D eigenvalue weighted by Gasteiger charge is 2.21. The summed E-state index contributed by atoms with van der Waals surface area (Å²) in [6.07, 6.45) is 0. The zero-order valence-electron chi connectivity index (χ0n) is 14.2. The molecule has 2 N–H and O–H groups in total. The number of carbonyl (C=O) groups excluding carboxylic acids is 2. The van der Waals surface area contributed by atoms with Crippen molar-refractivity contribution in [2.24, 2.45) is 0 Å². The fourth-order valence-corrected chi connectivity index (χ4v) is 2.62. The lowest BCUT2D eigenvalue weighted by atomic mass is 10.1. The molecule has 0 unspecified atom stereocenters. The Morgan fingerprint density at radius 3 is 2.46 bits per heavy atom. The van der Waals surface area contributed by atoms with Crippen molar-refractivity contribution in [1.82, 2.24) is 10.2 Å². The van der Waals surface area contributed by atoms with Gasteiger partial charge < -0.3 is 15.5 Å². The summed E-state index contributed by atoms with van der Waals surface area (Å²) in [6.45, 7) is 0.106. The maximum Gasteiger partial charge on any atom is 0.313 e. The zero-order chi connectivity index (χ0) is 19.3. The molecule has 0 saturated heterocycles. The molecule has 0 fully saturated rings. The van der Waals surface area contributed by atoms with E-state index >= 15 is 0 Å². The van der Waals surface area contributed by atoms with E-state index in [4.69, 9.17) is 11.6 Å². The van der Waals surface area contributed by atoms with Crippen LogP contribution in [-0.2, 0) is 9.59 Å². The average Bonchev–Trinajstić information content (AvgIpc) is 2.59. The highest BCUT2D eigenvalue weighted by molar-refractivity contribution is 6.39. The van der Waals surface area contributed by atoms with Crippen LogP contribution in [0.2, 0.25) is 5.02 Å². The summed E-state index contributed by atoms with van der Waals surface area (Å²) >= 11 is 6.18. The first kappa shape index (κ1) is 19.8. The lowest BCUT2D eigenvalue weighted by Crippen LogP contribution is -2.40. The predicted molar refractivity (Wildman–Crippen MR) is 95.9 cm³/mol. The minimum atomic E-state index is -1.09. The molecule has 0 aliphatic rings. The number of carbonyl (C=O) groups is 2. The third kappa shape index (κ3) is 5.00. The molecule has 26 heavy (non-hydrogen) atoms. The van der Waals surface area contributed by atoms with Gasteiger partial charge in [-0.2, -0.15) is 0 Å². The van der Waals surface area contributed by atoms with Crippen LogP contribution >= 0.6 is 11.6 Å². The van der Waals surface area contributed by atoms with Crippen molar-refractivity contribution in [2.75, 3.05) is 26.0 Å². The quantitative estimate of drug-likeness (QED) is 0.783. The maximum atomic E-state index is 13.5. The molecule has 138 valence electrons. The standard InChI is InChI=1S/C18H18ClF2N3O2/c1-24(2)16(12-5-3-4-6-13(12)19)10-22-17(25)18(26)23-15-9-11(20)7-8-14(15)21/h3-9,16H,10H2,1-2H3,(H,22,25)(H,23,26)/t16-/m1/s1. The number of rotatable bonds is 5. The summed E-state index contributed by atoms with van der Waals surface area (Å²) in [6, 6.07) is 9.46. The van der Waals surface area contributed by atoms with E-state index in [1.807, 2.05) is 36.4 Å². The Morgan fingerprint density at radius 2 is 1.81 bits per heavy atom. The molecule has 2 rings (SSSR count). The number of likely N-dealkylation sites (N-methyl/N-ethyl adjacent to an activating group) is 1. The van der Waals surface area contributed by atoms with Crippen LogP contribution in [0, 0.1) is 11.6 Å². The molecule has 2 aromatic rings. The molecule has 2 aromatic carbocycles. The molecule has 0 radical (unpaired) electrons. The Bertz CT molecular complexity index is 815. The fourth-order valence-electron chi connectivity index (χ4n) is 2.36. The molecule has 8 heteroatoms. The van der Waals surface area contributed by atoms with E-state index in [-0.39, 0.29) is 12.6 Å². The van der Waals surface area contributed by atoms with Crippen LogP contribution in [0.3, 0.4) is 0 Å². The van der Waals surface area contributed by atoms with E-state index < -0.39 is 29.1 Å². The summed E-state index contributed by atoms with van der Waals surface area (Å²) in [7, 11) is 3.62. The van der Waals surface area contributed by atoms with Crippen LogP contribution in [0.15, 0.2) is 42.5 Å². The average molecular weight is 382 g/mol. The van der Waals surface area contributed by atoms with Gasteiger partial charge >= 0.3 is 11.8 Å². The number of halogens is 3. The predicted octanol–water partition coefficient (Wildman–Crippen LogP) is 2.98. The van der Waals surface area contributed by atoms with Gasteiger partial charge in [0.2, 0.25) is 0 Å². The van der Waals surface area contributed by atoms with Gasteiger partial charge in [0.15, 0.2) is 0 Å². The smallest absolute Gasteiger partial charge is 0.313 e. The fraction of sp³-hybridized carbons (Fsp3) is 0.222. The Hall–Kier alpha value is -2.51. The molecule has 2 amide bonds. The molecule has 5 nitrogen and oxygen atoms in total. The van der Waals surface area contributed by atoms with Crippen molar-refractivity contribution in [1.29, 1.82) is 0 Å². The van der Waals surface area contributed by atoms with Crippen molar-refractivity contribution < 1.29 is 18.4 Å². The third-order valence-corrected chi connectivity index (χ3v) is 4.07. The monoisotopic (exact) mass is 381 g/mol. The maximum absolute atomic E-state index is 13.5. The van der Waals surface area contributed by atoms with E-state index in [2.05, 4.69) is 5.32 Å². The molecule has 0 aromatic heterocycles. The number of benzene rings is 2. The molecular weight excluding hydrogens is 364 g/mol. The molecule has 0 bridgehead atoms. The number of amides is 2. The van der Waals surface area contributed by atoms with Crippen LogP contribution in [-0.4, -0.2) is 37.4 Å². The Kier molecular flexibility index (Phi) is 6.65. The van der Waals surface area contributed by atoms with E-state index in [9.17, 15) is 18.4 Å². The Balaban J connectivity index is 2.03. The van der Waals surface area contributed by atoms with Gasteiger partial charge in [-0.3, -0.25) is 9.59 Å². The van der Waals surface area contributed by atoms with Crippen LogP contribution in [0.5, 0.6) is 0 Å². The highest BCUT2D eigenvalue weighted by Crippen LogP contribution is 2.25. The second-order valence-electron chi connectivity index (χ2n) is 5.79. The van der Waals surface area contributed by atoms with Crippen LogP contribution < -0.4 is 10.6 Å². The summed E-state index contributed by atoms with van der Waals surface area (Å²) in [4.78, 5) is 25.7. The number of hydrogen-bond acceptors (Lipinski definition) is 3. The number of anilines is 1. The minimum Gasteiger partial charge on any atom is -0.346 e. The lowest BCUT2D eigenvalue weighted by Gasteiger charge is -2.25. The van der Waals surface area contributed by atoms with Crippen LogP contribution in [0.1, 0.15) is 11.6 Å². The molecular formula is C18H18ClF2N3O2. The molecule has 0 heterocycles. The first-order valence-electron chi connectivity index (χ1n) is 7.74. The topological polar surface area (TPSA) is 61.4 Å². The molecule has 0 saturated carbocycles. The summed E-state index contributed by atoms with van der Waals surface area (Å²) in [5.41, 5.74) is 0.386. The van der Waals surface area contributed by atoms with Gasteiger partial charge in [0.05, 0.1) is 11.7 Å². The largest absolute Gasteiger partial charge is 0.346 e. The SMILES string of the molecule is CN(C)[C@H](CNC(=O)C(=O)Nc1cc(F)ccc1F)c1ccccc1Cl. The normalized spacial score (nSPS) is 11.9. The van der Waals surface area contributed by atoms with Crippen molar-refractivity contribution in [3.8, 4) is 0 Å². The second-order valence-corrected chi connectivity index (χ2v) is 6.20. The summed E-state index contributed by atoms with van der Waals surface area (Å²) < 4.78 is 26.7. The van der Waals surface area contributed by atoms with Gasteiger partial charge in [-0.25, -0.2) is 8.78 Å². The molecule has 1 atom stereocenters. The molecule has 0 aliphatic heterocycles. The first-order chi connectivity index (χ1) is 12.3. The van der Waals surface area contributed by atoms with Gasteiger partial charge in [0.1, 0.15) is 11.6 Å². The van der Waals surface area contributed by atoms with E-state index in [0.717, 1.165) is 23.8 Å². The number of nitrogens with one attached hydrogen (secondary N) is 2. The lowest BCUT2D eigenvalue weighted by molar-refractivity contribution is -0.136. The Morgan fingerprint density at radius 1 is 1.12 bits per heavy atom. The van der Waals surface area contributed by atoms with Crippen molar-refractivity contribution >= 4 is 29.1 Å². The zero-order valence-corrected chi connectivity index (χ0v) is 15.0. The Labute approximate surface area is 154 Å². The van der Waals surface area contributed by atoms with E-state index in [1.165, 1.54) is 0 Å². The van der Waals surface area contributed by atoms with Gasteiger partial charge in [0, 0.05) is 17.6 Å². The highest BCUT2D eigenvalue weighted by atomic mass is 35.5. The van der Waals surface area contributed by atoms with Crippen LogP contribution in [0.25, 0.3) is 0 Å². The van der Waals surface area contributed by atoms with Crippen molar-refractivity contribution in [3.63, 3.8) is 0 Å². The molecule has 0 aliphatic carbocycles. The van der Waals surface area contributed by atoms with E-state index in [0.29, 0.717) is 5.02 Å².